The number of rotatable bonds is 12. The largest absolute Gasteiger partial charge is 0.573 e. The summed E-state index contributed by atoms with van der Waals surface area (Å²) < 4.78 is 135. The van der Waals surface area contributed by atoms with Crippen molar-refractivity contribution in [3.8, 4) is 45.6 Å². The minimum absolute atomic E-state index is 0.0450. The molecule has 4 heterocycles. The number of aromatic nitrogens is 6. The predicted molar refractivity (Wildman–Crippen MR) is 225 cm³/mol. The van der Waals surface area contributed by atoms with Gasteiger partial charge in [0, 0.05) is 40.6 Å². The molecule has 2 N–H and O–H groups in total. The van der Waals surface area contributed by atoms with Crippen LogP contribution in [0.3, 0.4) is 0 Å². The molecule has 4 aromatic heterocycles. The Bertz CT molecular complexity index is 2780. The fraction of sp³-hybridized carbons (Fsp3) is 0.300. The fourth-order valence-electron chi connectivity index (χ4n) is 5.90. The molecular formula is C40H38BBrF6N6O8S2. The zero-order valence-corrected chi connectivity index (χ0v) is 36.9. The average molecular weight is 1000 g/mol. The number of benzene rings is 2. The Balaban J connectivity index is 0.000000188. The average Bonchev–Trinajstić information content (AvgIpc) is 4.18. The van der Waals surface area contributed by atoms with Crippen molar-refractivity contribution in [3.63, 3.8) is 0 Å². The molecule has 8 rings (SSSR count). The summed E-state index contributed by atoms with van der Waals surface area (Å²) in [5.74, 6) is -0.267. The van der Waals surface area contributed by atoms with E-state index in [1.54, 1.807) is 40.7 Å². The van der Waals surface area contributed by atoms with Crippen LogP contribution in [0.5, 0.6) is 11.5 Å². The van der Waals surface area contributed by atoms with Crippen LogP contribution in [0.4, 0.5) is 26.3 Å². The quantitative estimate of drug-likeness (QED) is 0.0880. The number of hydrogen-bond acceptors (Lipinski definition) is 12. The van der Waals surface area contributed by atoms with E-state index in [1.165, 1.54) is 80.4 Å². The summed E-state index contributed by atoms with van der Waals surface area (Å²) in [4.78, 5) is 17.2. The van der Waals surface area contributed by atoms with Crippen LogP contribution in [0.15, 0.2) is 112 Å². The molecule has 0 radical (unpaired) electrons. The Morgan fingerprint density at radius 3 is 1.45 bits per heavy atom. The maximum absolute atomic E-state index is 12.6. The van der Waals surface area contributed by atoms with Crippen molar-refractivity contribution in [2.75, 3.05) is 11.5 Å². The first-order chi connectivity index (χ1) is 30.1. The summed E-state index contributed by atoms with van der Waals surface area (Å²) in [7, 11) is -8.10. The molecule has 6 aromatic rings. The summed E-state index contributed by atoms with van der Waals surface area (Å²) in [6.07, 6.45) is 3.67. The van der Waals surface area contributed by atoms with Crippen LogP contribution in [-0.4, -0.2) is 87.3 Å². The van der Waals surface area contributed by atoms with Gasteiger partial charge < -0.3 is 28.7 Å². The van der Waals surface area contributed by atoms with Crippen molar-refractivity contribution in [3.05, 3.63) is 108 Å². The van der Waals surface area contributed by atoms with E-state index in [1.807, 2.05) is 0 Å². The van der Waals surface area contributed by atoms with E-state index < -0.39 is 39.5 Å². The molecule has 0 spiro atoms. The van der Waals surface area contributed by atoms with Crippen molar-refractivity contribution in [2.45, 2.75) is 73.8 Å². The number of sulfone groups is 2. The fourth-order valence-corrected chi connectivity index (χ4v) is 8.53. The first kappa shape index (κ1) is 48.2. The highest BCUT2D eigenvalue weighted by Gasteiger charge is 2.34. The van der Waals surface area contributed by atoms with Gasteiger partial charge in [-0.25, -0.2) is 26.8 Å². The van der Waals surface area contributed by atoms with Crippen molar-refractivity contribution in [1.82, 2.24) is 29.1 Å². The summed E-state index contributed by atoms with van der Waals surface area (Å²) in [5.41, 5.74) is 3.10. The Hall–Kier alpha value is -5.30. The van der Waals surface area contributed by atoms with Crippen LogP contribution in [0, 0.1) is 0 Å². The molecule has 2 fully saturated rings. The highest BCUT2D eigenvalue weighted by Crippen LogP contribution is 2.42. The van der Waals surface area contributed by atoms with Gasteiger partial charge in [0.15, 0.2) is 19.7 Å². The lowest BCUT2D eigenvalue weighted by atomic mass is 9.84. The van der Waals surface area contributed by atoms with E-state index in [4.69, 9.17) is 10.0 Å². The number of halogens is 7. The zero-order valence-electron chi connectivity index (χ0n) is 33.7. The molecule has 0 amide bonds. The van der Waals surface area contributed by atoms with Crippen LogP contribution in [0.25, 0.3) is 34.2 Å². The van der Waals surface area contributed by atoms with E-state index in [0.29, 0.717) is 33.2 Å². The normalized spacial score (nSPS) is 14.2. The van der Waals surface area contributed by atoms with E-state index in [2.05, 4.69) is 45.3 Å². The van der Waals surface area contributed by atoms with Crippen molar-refractivity contribution in [2.24, 2.45) is 0 Å². The maximum atomic E-state index is 12.6. The first-order valence-electron chi connectivity index (χ1n) is 19.3. The molecule has 0 unspecified atom stereocenters. The van der Waals surface area contributed by atoms with Gasteiger partial charge in [0.2, 0.25) is 0 Å². The molecule has 340 valence electrons. The number of pyridine rings is 2. The first-order valence-corrected chi connectivity index (χ1v) is 23.4. The van der Waals surface area contributed by atoms with Gasteiger partial charge in [-0.1, -0.05) is 26.7 Å². The Labute approximate surface area is 372 Å². The minimum atomic E-state index is -4.77. The van der Waals surface area contributed by atoms with Gasteiger partial charge in [-0.15, -0.1) is 26.3 Å². The second kappa shape index (κ2) is 19.4. The van der Waals surface area contributed by atoms with E-state index >= 15 is 0 Å². The monoisotopic (exact) mass is 998 g/mol. The second-order valence-corrected chi connectivity index (χ2v) is 19.8. The molecule has 0 saturated heterocycles. The Morgan fingerprint density at radius 2 is 1.09 bits per heavy atom. The van der Waals surface area contributed by atoms with Crippen molar-refractivity contribution < 1.29 is 62.7 Å². The lowest BCUT2D eigenvalue weighted by Gasteiger charge is -2.10. The molecule has 0 aliphatic heterocycles. The lowest BCUT2D eigenvalue weighted by Crippen LogP contribution is -2.17. The number of imidazole rings is 2. The topological polar surface area (TPSA) is 189 Å². The summed E-state index contributed by atoms with van der Waals surface area (Å²) in [6.45, 7) is 3.11. The summed E-state index contributed by atoms with van der Waals surface area (Å²) >= 11 is 3.22. The number of ether oxygens (including phenoxy) is 2. The van der Waals surface area contributed by atoms with E-state index in [-0.39, 0.29) is 50.0 Å². The Morgan fingerprint density at radius 1 is 0.672 bits per heavy atom. The molecule has 2 aromatic carbocycles. The van der Waals surface area contributed by atoms with Gasteiger partial charge in [-0.3, -0.25) is 9.97 Å². The van der Waals surface area contributed by atoms with Crippen LogP contribution in [0.1, 0.15) is 51.0 Å². The van der Waals surface area contributed by atoms with Gasteiger partial charge in [-0.05, 0) is 107 Å². The third-order valence-corrected chi connectivity index (χ3v) is 13.5. The third kappa shape index (κ3) is 12.9. The van der Waals surface area contributed by atoms with Crippen molar-refractivity contribution in [1.29, 1.82) is 0 Å². The molecule has 2 aliphatic rings. The summed E-state index contributed by atoms with van der Waals surface area (Å²) in [5, 5.41) is 16.5. The number of alkyl halides is 6. The maximum Gasteiger partial charge on any atom is 0.573 e. The van der Waals surface area contributed by atoms with Gasteiger partial charge >= 0.3 is 19.8 Å². The van der Waals surface area contributed by atoms with Gasteiger partial charge in [0.1, 0.15) is 34.3 Å². The molecule has 24 heteroatoms. The standard InChI is InChI=1S/C20H18F3N3O3S.C17H13BrF3N3O3S.C3H7BO2/c1-2-30(27,28)18-9-14(13-3-4-13)10-24-19(18)17-11-26(12-25-17)15-5-7-16(8-6-15)29-20(21,22)23;1-2-28(25,26)15-7-11(18)8-22-16(15)14-9-24(10-23-14)12-3-5-13(6-4-12)27-17(19,20)21;5-4(6)3-1-2-3/h5-13H,2-4H2,1H3;3-10H,2H2,1H3;3,5-6H,1-2H2. The minimum Gasteiger partial charge on any atom is -0.427 e. The van der Waals surface area contributed by atoms with Crippen LogP contribution in [0.2, 0.25) is 5.82 Å². The molecule has 64 heavy (non-hydrogen) atoms. The Kier molecular flexibility index (Phi) is 14.6. The third-order valence-electron chi connectivity index (χ3n) is 9.60. The summed E-state index contributed by atoms with van der Waals surface area (Å²) in [6, 6.07) is 13.6. The van der Waals surface area contributed by atoms with Crippen LogP contribution in [-0.2, 0) is 19.7 Å². The molecular weight excluding hydrogens is 961 g/mol. The molecule has 2 aliphatic carbocycles. The zero-order chi connectivity index (χ0) is 46.6. The van der Waals surface area contributed by atoms with Gasteiger partial charge in [0.05, 0.1) is 34.0 Å². The predicted octanol–water partition coefficient (Wildman–Crippen LogP) is 8.52. The van der Waals surface area contributed by atoms with E-state index in [0.717, 1.165) is 31.2 Å². The van der Waals surface area contributed by atoms with Crippen molar-refractivity contribution >= 4 is 42.7 Å². The molecule has 14 nitrogen and oxygen atoms in total. The smallest absolute Gasteiger partial charge is 0.427 e. The van der Waals surface area contributed by atoms with E-state index in [9.17, 15) is 43.2 Å². The highest BCUT2D eigenvalue weighted by molar-refractivity contribution is 9.10. The van der Waals surface area contributed by atoms with Gasteiger partial charge in [-0.2, -0.15) is 0 Å². The van der Waals surface area contributed by atoms with Crippen LogP contribution < -0.4 is 9.47 Å². The SMILES string of the molecule is CCS(=O)(=O)c1cc(Br)cnc1-c1cn(-c2ccc(OC(F)(F)F)cc2)cn1.CCS(=O)(=O)c1cc(C2CC2)cnc1-c1cn(-c2ccc(OC(F)(F)F)cc2)cn1.OB(O)C1CC1. The highest BCUT2D eigenvalue weighted by atomic mass is 79.9. The second-order valence-electron chi connectivity index (χ2n) is 14.4. The molecule has 2 saturated carbocycles. The van der Waals surface area contributed by atoms with Gasteiger partial charge in [0.25, 0.3) is 0 Å². The number of nitrogens with zero attached hydrogens (tertiary/aromatic N) is 6. The molecule has 0 atom stereocenters. The van der Waals surface area contributed by atoms with Crippen LogP contribution >= 0.6 is 15.9 Å². The molecule has 0 bridgehead atoms. The number of hydrogen-bond donors (Lipinski definition) is 2. The lowest BCUT2D eigenvalue weighted by molar-refractivity contribution is -0.275.